The number of aliphatic hydroxyl groups excluding tert-OH is 1. The Kier molecular flexibility index (Phi) is 6.49. The molecule has 0 unspecified atom stereocenters. The average Bonchev–Trinajstić information content (AvgIpc) is 2.78. The van der Waals surface area contributed by atoms with Gasteiger partial charge in [-0.1, -0.05) is 13.0 Å². The molecule has 4 atom stereocenters. The van der Waals surface area contributed by atoms with E-state index in [2.05, 4.69) is 9.97 Å². The van der Waals surface area contributed by atoms with Crippen molar-refractivity contribution in [2.45, 2.75) is 44.2 Å². The Morgan fingerprint density at radius 1 is 1.15 bits per heavy atom. The van der Waals surface area contributed by atoms with Crippen LogP contribution >= 0.6 is 0 Å². The fourth-order valence-electron chi connectivity index (χ4n) is 4.64. The zero-order valence-corrected chi connectivity index (χ0v) is 18.2. The highest BCUT2D eigenvalue weighted by Gasteiger charge is 2.34. The SMILES string of the molecule is C[C@@H]1C[C@@H](c2ccncc2CC(=O)c2nc(-c3c(F)cccc3F)ccc2N)C[C@@H](N)[C@H]1O. The lowest BCUT2D eigenvalue weighted by atomic mass is 9.74. The van der Waals surface area contributed by atoms with Crippen molar-refractivity contribution in [2.75, 3.05) is 5.73 Å². The number of hydrogen-bond donors (Lipinski definition) is 3. The Labute approximate surface area is 190 Å². The minimum absolute atomic E-state index is 0.00405. The quantitative estimate of drug-likeness (QED) is 0.509. The van der Waals surface area contributed by atoms with E-state index in [9.17, 15) is 18.7 Å². The second kappa shape index (κ2) is 9.33. The van der Waals surface area contributed by atoms with Crippen LogP contribution in [0.25, 0.3) is 11.3 Å². The normalized spacial score (nSPS) is 22.8. The van der Waals surface area contributed by atoms with Crippen LogP contribution in [0.1, 0.15) is 47.3 Å². The Bertz CT molecular complexity index is 1150. The summed E-state index contributed by atoms with van der Waals surface area (Å²) >= 11 is 0. The van der Waals surface area contributed by atoms with Gasteiger partial charge >= 0.3 is 0 Å². The number of anilines is 1. The lowest BCUT2D eigenvalue weighted by Gasteiger charge is -2.36. The number of benzene rings is 1. The van der Waals surface area contributed by atoms with Crippen LogP contribution in [0.3, 0.4) is 0 Å². The van der Waals surface area contributed by atoms with E-state index in [1.807, 2.05) is 13.0 Å². The molecule has 2 heterocycles. The number of Topliss-reactive ketones (excluding diaryl/α,β-unsaturated/α-hetero) is 1. The number of rotatable bonds is 5. The van der Waals surface area contributed by atoms with Gasteiger partial charge in [0.1, 0.15) is 17.3 Å². The molecule has 1 saturated carbocycles. The number of hydrogen-bond acceptors (Lipinski definition) is 6. The molecule has 172 valence electrons. The summed E-state index contributed by atoms with van der Waals surface area (Å²) in [4.78, 5) is 21.6. The van der Waals surface area contributed by atoms with Gasteiger partial charge < -0.3 is 16.6 Å². The second-order valence-electron chi connectivity index (χ2n) is 8.71. The van der Waals surface area contributed by atoms with E-state index in [0.29, 0.717) is 12.0 Å². The summed E-state index contributed by atoms with van der Waals surface area (Å²) in [5.74, 6) is -1.82. The largest absolute Gasteiger partial charge is 0.397 e. The molecule has 0 spiro atoms. The van der Waals surface area contributed by atoms with Crippen molar-refractivity contribution in [2.24, 2.45) is 11.7 Å². The predicted octanol–water partition coefficient (Wildman–Crippen LogP) is 3.63. The fourth-order valence-corrected chi connectivity index (χ4v) is 4.64. The smallest absolute Gasteiger partial charge is 0.187 e. The molecule has 6 nitrogen and oxygen atoms in total. The first-order valence-corrected chi connectivity index (χ1v) is 10.9. The molecule has 0 saturated heterocycles. The van der Waals surface area contributed by atoms with Gasteiger partial charge in [0.05, 0.1) is 23.0 Å². The van der Waals surface area contributed by atoms with E-state index in [0.717, 1.165) is 24.1 Å². The maximum Gasteiger partial charge on any atom is 0.187 e. The Balaban J connectivity index is 1.64. The van der Waals surface area contributed by atoms with Crippen molar-refractivity contribution in [1.29, 1.82) is 0 Å². The summed E-state index contributed by atoms with van der Waals surface area (Å²) in [5, 5.41) is 10.2. The number of aromatic nitrogens is 2. The van der Waals surface area contributed by atoms with Crippen molar-refractivity contribution in [3.8, 4) is 11.3 Å². The second-order valence-corrected chi connectivity index (χ2v) is 8.71. The zero-order valence-electron chi connectivity index (χ0n) is 18.2. The number of carbonyl (C=O) groups is 1. The zero-order chi connectivity index (χ0) is 23.7. The van der Waals surface area contributed by atoms with E-state index in [1.165, 1.54) is 18.2 Å². The molecule has 4 rings (SSSR count). The molecule has 8 heteroatoms. The highest BCUT2D eigenvalue weighted by Crippen LogP contribution is 2.37. The molecule has 0 amide bonds. The molecule has 2 aromatic heterocycles. The van der Waals surface area contributed by atoms with Crippen LogP contribution in [-0.4, -0.2) is 33.0 Å². The van der Waals surface area contributed by atoms with Gasteiger partial charge in [-0.3, -0.25) is 9.78 Å². The summed E-state index contributed by atoms with van der Waals surface area (Å²) in [7, 11) is 0. The number of nitrogens with two attached hydrogens (primary N) is 2. The van der Waals surface area contributed by atoms with Gasteiger partial charge in [-0.2, -0.15) is 0 Å². The fraction of sp³-hybridized carbons (Fsp3) is 0.320. The Hall–Kier alpha value is -3.23. The van der Waals surface area contributed by atoms with Crippen molar-refractivity contribution >= 4 is 11.5 Å². The third-order valence-corrected chi connectivity index (χ3v) is 6.38. The van der Waals surface area contributed by atoms with Gasteiger partial charge in [-0.25, -0.2) is 13.8 Å². The number of nitrogen functional groups attached to an aromatic ring is 1. The minimum atomic E-state index is -0.773. The van der Waals surface area contributed by atoms with Gasteiger partial charge in [0, 0.05) is 24.9 Å². The lowest BCUT2D eigenvalue weighted by Crippen LogP contribution is -2.44. The monoisotopic (exact) mass is 452 g/mol. The number of halogens is 2. The summed E-state index contributed by atoms with van der Waals surface area (Å²) in [6.07, 6.45) is 4.05. The van der Waals surface area contributed by atoms with Crippen molar-refractivity contribution in [3.05, 3.63) is 77.2 Å². The molecule has 5 N–H and O–H groups in total. The van der Waals surface area contributed by atoms with Crippen LogP contribution in [0.5, 0.6) is 0 Å². The molecular weight excluding hydrogens is 426 g/mol. The highest BCUT2D eigenvalue weighted by molar-refractivity contribution is 6.00. The molecule has 0 aliphatic heterocycles. The Morgan fingerprint density at radius 2 is 1.88 bits per heavy atom. The van der Waals surface area contributed by atoms with Gasteiger partial charge in [-0.05, 0) is 66.1 Å². The van der Waals surface area contributed by atoms with Gasteiger partial charge in [0.2, 0.25) is 0 Å². The van der Waals surface area contributed by atoms with Crippen LogP contribution in [0.15, 0.2) is 48.8 Å². The molecule has 33 heavy (non-hydrogen) atoms. The van der Waals surface area contributed by atoms with Crippen LogP contribution in [0, 0.1) is 17.6 Å². The van der Waals surface area contributed by atoms with Gasteiger partial charge in [-0.15, -0.1) is 0 Å². The molecule has 1 aromatic carbocycles. The molecule has 0 bridgehead atoms. The maximum atomic E-state index is 14.2. The highest BCUT2D eigenvalue weighted by atomic mass is 19.1. The van der Waals surface area contributed by atoms with Gasteiger partial charge in [0.25, 0.3) is 0 Å². The number of nitrogens with zero attached hydrogens (tertiary/aromatic N) is 2. The van der Waals surface area contributed by atoms with Crippen LogP contribution in [0.2, 0.25) is 0 Å². The van der Waals surface area contributed by atoms with E-state index in [4.69, 9.17) is 11.5 Å². The predicted molar refractivity (Wildman–Crippen MR) is 121 cm³/mol. The number of aliphatic hydroxyl groups is 1. The number of ketones is 1. The minimum Gasteiger partial charge on any atom is -0.397 e. The summed E-state index contributed by atoms with van der Waals surface area (Å²) in [6.45, 7) is 1.96. The van der Waals surface area contributed by atoms with Gasteiger partial charge in [0.15, 0.2) is 5.78 Å². The number of carbonyl (C=O) groups excluding carboxylic acids is 1. The molecule has 0 radical (unpaired) electrons. The average molecular weight is 453 g/mol. The first-order valence-electron chi connectivity index (χ1n) is 10.9. The van der Waals surface area contributed by atoms with Crippen LogP contribution < -0.4 is 11.5 Å². The molecule has 3 aromatic rings. The van der Waals surface area contributed by atoms with Crippen molar-refractivity contribution < 1.29 is 18.7 Å². The topological polar surface area (TPSA) is 115 Å². The third kappa shape index (κ3) is 4.62. The Morgan fingerprint density at radius 3 is 2.58 bits per heavy atom. The molecular formula is C25H26F2N4O2. The van der Waals surface area contributed by atoms with E-state index in [-0.39, 0.29) is 52.7 Å². The summed E-state index contributed by atoms with van der Waals surface area (Å²) < 4.78 is 28.5. The number of pyridine rings is 2. The van der Waals surface area contributed by atoms with Crippen LogP contribution in [0.4, 0.5) is 14.5 Å². The summed E-state index contributed by atoms with van der Waals surface area (Å²) in [6, 6.07) is 7.86. The first kappa shape index (κ1) is 22.9. The third-order valence-electron chi connectivity index (χ3n) is 6.38. The van der Waals surface area contributed by atoms with Crippen LogP contribution in [-0.2, 0) is 6.42 Å². The lowest BCUT2D eigenvalue weighted by molar-refractivity contribution is 0.0519. The van der Waals surface area contributed by atoms with E-state index in [1.54, 1.807) is 12.4 Å². The molecule has 1 fully saturated rings. The van der Waals surface area contributed by atoms with E-state index < -0.39 is 17.7 Å². The molecule has 1 aliphatic carbocycles. The first-order chi connectivity index (χ1) is 15.8. The standard InChI is InChI=1S/C25H26F2N4O2/c1-13-9-14(10-20(29)25(13)33)16-7-8-30-12-15(16)11-22(32)24-19(28)5-6-21(31-24)23-17(26)3-2-4-18(23)27/h2-8,12-14,20,25,33H,9-11,28-29H2,1H3/t13-,14-,20-,25+/m1/s1. The molecule has 1 aliphatic rings. The van der Waals surface area contributed by atoms with E-state index >= 15 is 0 Å². The van der Waals surface area contributed by atoms with Crippen molar-refractivity contribution in [1.82, 2.24) is 9.97 Å². The van der Waals surface area contributed by atoms with Crippen molar-refractivity contribution in [3.63, 3.8) is 0 Å². The maximum absolute atomic E-state index is 14.2. The summed E-state index contributed by atoms with van der Waals surface area (Å²) in [5.41, 5.74) is 13.6.